The van der Waals surface area contributed by atoms with Gasteiger partial charge in [-0.2, -0.15) is 5.10 Å². The third-order valence-electron chi connectivity index (χ3n) is 6.10. The summed E-state index contributed by atoms with van der Waals surface area (Å²) in [6.45, 7) is 1.99. The first-order chi connectivity index (χ1) is 15.7. The lowest BCUT2D eigenvalue weighted by Gasteiger charge is -2.29. The zero-order valence-corrected chi connectivity index (χ0v) is 18.7. The predicted octanol–water partition coefficient (Wildman–Crippen LogP) is 4.16. The van der Waals surface area contributed by atoms with Gasteiger partial charge in [0.1, 0.15) is 5.75 Å². The quantitative estimate of drug-likeness (QED) is 0.581. The molecule has 0 saturated carbocycles. The second kappa shape index (κ2) is 11.0. The number of rotatable bonds is 8. The van der Waals surface area contributed by atoms with Crippen molar-refractivity contribution in [3.63, 3.8) is 0 Å². The molecule has 1 aliphatic heterocycles. The topological polar surface area (TPSA) is 59.4 Å². The number of hydrogen-bond acceptors (Lipinski definition) is 4. The van der Waals surface area contributed by atoms with Gasteiger partial charge in [-0.15, -0.1) is 0 Å². The predicted molar refractivity (Wildman–Crippen MR) is 126 cm³/mol. The summed E-state index contributed by atoms with van der Waals surface area (Å²) in [5.74, 6) is 0.947. The number of methoxy groups -OCH3 is 1. The van der Waals surface area contributed by atoms with Gasteiger partial charge in [-0.05, 0) is 61.2 Å². The fraction of sp³-hybridized carbons (Fsp3) is 0.385. The standard InChI is InChI=1S/C26H32N4O2/c1-32-24-13-11-22(12-14-24)25-10-6-3-7-17-29(25)20-26(31)27-16-15-21-18-28-30(19-21)23-8-4-2-5-9-23/h2,4-5,8-9,11-14,18-19,25H,3,6-7,10,15-17,20H2,1H3,(H,27,31). The van der Waals surface area contributed by atoms with Crippen molar-refractivity contribution < 1.29 is 9.53 Å². The average molecular weight is 433 g/mol. The molecule has 0 spiro atoms. The zero-order valence-electron chi connectivity index (χ0n) is 18.7. The van der Waals surface area contributed by atoms with Crippen LogP contribution in [0.25, 0.3) is 5.69 Å². The largest absolute Gasteiger partial charge is 0.497 e. The van der Waals surface area contributed by atoms with Gasteiger partial charge in [-0.25, -0.2) is 4.68 Å². The first-order valence-electron chi connectivity index (χ1n) is 11.5. The van der Waals surface area contributed by atoms with Crippen LogP contribution in [-0.2, 0) is 11.2 Å². The highest BCUT2D eigenvalue weighted by atomic mass is 16.5. The van der Waals surface area contributed by atoms with Crippen LogP contribution in [0.15, 0.2) is 67.0 Å². The summed E-state index contributed by atoms with van der Waals surface area (Å²) in [6.07, 6.45) is 9.29. The second-order valence-electron chi connectivity index (χ2n) is 8.34. The van der Waals surface area contributed by atoms with Crippen LogP contribution < -0.4 is 10.1 Å². The molecule has 3 aromatic rings. The van der Waals surface area contributed by atoms with E-state index in [9.17, 15) is 4.79 Å². The van der Waals surface area contributed by atoms with Gasteiger partial charge in [-0.3, -0.25) is 9.69 Å². The summed E-state index contributed by atoms with van der Waals surface area (Å²) in [6, 6.07) is 18.6. The van der Waals surface area contributed by atoms with Gasteiger partial charge < -0.3 is 10.1 Å². The maximum atomic E-state index is 12.7. The van der Waals surface area contributed by atoms with Crippen molar-refractivity contribution in [2.45, 2.75) is 38.1 Å². The molecule has 1 aromatic heterocycles. The van der Waals surface area contributed by atoms with E-state index >= 15 is 0 Å². The van der Waals surface area contributed by atoms with E-state index in [0.717, 1.165) is 42.8 Å². The number of ether oxygens (including phenoxy) is 1. The molecular formula is C26H32N4O2. The van der Waals surface area contributed by atoms with Crippen LogP contribution in [0.3, 0.4) is 0 Å². The summed E-state index contributed by atoms with van der Waals surface area (Å²) in [7, 11) is 1.68. The van der Waals surface area contributed by atoms with E-state index in [-0.39, 0.29) is 11.9 Å². The van der Waals surface area contributed by atoms with Gasteiger partial charge in [0.2, 0.25) is 5.91 Å². The molecule has 2 aromatic carbocycles. The highest BCUT2D eigenvalue weighted by Crippen LogP contribution is 2.30. The first-order valence-corrected chi connectivity index (χ1v) is 11.5. The maximum Gasteiger partial charge on any atom is 0.234 e. The third-order valence-corrected chi connectivity index (χ3v) is 6.10. The van der Waals surface area contributed by atoms with Crippen LogP contribution in [0.1, 0.15) is 42.9 Å². The number of amides is 1. The molecule has 0 radical (unpaired) electrons. The van der Waals surface area contributed by atoms with Gasteiger partial charge >= 0.3 is 0 Å². The Morgan fingerprint density at radius 3 is 2.69 bits per heavy atom. The molecule has 2 heterocycles. The Hall–Kier alpha value is -3.12. The first kappa shape index (κ1) is 22.1. The number of aromatic nitrogens is 2. The SMILES string of the molecule is COc1ccc(C2CCCCCN2CC(=O)NCCc2cnn(-c3ccccc3)c2)cc1. The van der Waals surface area contributed by atoms with Gasteiger partial charge in [0, 0.05) is 18.8 Å². The lowest BCUT2D eigenvalue weighted by Crippen LogP contribution is -2.39. The number of para-hydroxylation sites is 1. The van der Waals surface area contributed by atoms with Crippen molar-refractivity contribution in [1.29, 1.82) is 0 Å². The highest BCUT2D eigenvalue weighted by molar-refractivity contribution is 5.78. The molecule has 4 rings (SSSR count). The zero-order chi connectivity index (χ0) is 22.2. The Bertz CT molecular complexity index is 985. The molecule has 1 aliphatic rings. The van der Waals surface area contributed by atoms with Crippen molar-refractivity contribution in [3.8, 4) is 11.4 Å². The summed E-state index contributed by atoms with van der Waals surface area (Å²) in [5, 5.41) is 7.53. The molecule has 1 amide bonds. The summed E-state index contributed by atoms with van der Waals surface area (Å²) in [4.78, 5) is 15.1. The Labute approximate surface area is 190 Å². The van der Waals surface area contributed by atoms with Gasteiger partial charge in [0.15, 0.2) is 0 Å². The van der Waals surface area contributed by atoms with E-state index in [1.165, 1.54) is 18.4 Å². The molecule has 0 bridgehead atoms. The van der Waals surface area contributed by atoms with E-state index in [0.29, 0.717) is 13.1 Å². The van der Waals surface area contributed by atoms with Crippen LogP contribution >= 0.6 is 0 Å². The number of hydrogen-bond donors (Lipinski definition) is 1. The summed E-state index contributed by atoms with van der Waals surface area (Å²) < 4.78 is 7.17. The van der Waals surface area contributed by atoms with E-state index in [1.807, 2.05) is 59.5 Å². The van der Waals surface area contributed by atoms with Crippen LogP contribution in [0.4, 0.5) is 0 Å². The molecule has 1 unspecified atom stereocenters. The Kier molecular flexibility index (Phi) is 7.56. The fourth-order valence-corrected chi connectivity index (χ4v) is 4.36. The molecule has 1 N–H and O–H groups in total. The molecule has 1 fully saturated rings. The minimum Gasteiger partial charge on any atom is -0.497 e. The number of nitrogens with zero attached hydrogens (tertiary/aromatic N) is 3. The molecule has 1 atom stereocenters. The smallest absolute Gasteiger partial charge is 0.234 e. The molecule has 32 heavy (non-hydrogen) atoms. The van der Waals surface area contributed by atoms with E-state index in [1.54, 1.807) is 7.11 Å². The van der Waals surface area contributed by atoms with Crippen molar-refractivity contribution in [2.75, 3.05) is 26.7 Å². The molecule has 6 nitrogen and oxygen atoms in total. The van der Waals surface area contributed by atoms with Crippen molar-refractivity contribution in [3.05, 3.63) is 78.1 Å². The summed E-state index contributed by atoms with van der Waals surface area (Å²) >= 11 is 0. The lowest BCUT2D eigenvalue weighted by molar-refractivity contribution is -0.122. The number of carbonyl (C=O) groups excluding carboxylic acids is 1. The monoisotopic (exact) mass is 432 g/mol. The normalized spacial score (nSPS) is 17.0. The van der Waals surface area contributed by atoms with E-state index in [2.05, 4.69) is 27.4 Å². The van der Waals surface area contributed by atoms with Crippen LogP contribution in [-0.4, -0.2) is 47.3 Å². The Balaban J connectivity index is 1.30. The summed E-state index contributed by atoms with van der Waals surface area (Å²) in [5.41, 5.74) is 3.40. The highest BCUT2D eigenvalue weighted by Gasteiger charge is 2.24. The van der Waals surface area contributed by atoms with Crippen LogP contribution in [0.2, 0.25) is 0 Å². The Morgan fingerprint density at radius 2 is 1.91 bits per heavy atom. The van der Waals surface area contributed by atoms with Crippen molar-refractivity contribution >= 4 is 5.91 Å². The average Bonchev–Trinajstić information content (AvgIpc) is 3.19. The van der Waals surface area contributed by atoms with Crippen LogP contribution in [0.5, 0.6) is 5.75 Å². The van der Waals surface area contributed by atoms with Gasteiger partial charge in [-0.1, -0.05) is 43.2 Å². The maximum absolute atomic E-state index is 12.7. The van der Waals surface area contributed by atoms with Crippen molar-refractivity contribution in [2.24, 2.45) is 0 Å². The number of nitrogens with one attached hydrogen (secondary N) is 1. The minimum absolute atomic E-state index is 0.0841. The molecular weight excluding hydrogens is 400 g/mol. The number of likely N-dealkylation sites (tertiary alicyclic amines) is 1. The third kappa shape index (κ3) is 5.77. The molecule has 6 heteroatoms. The molecule has 0 aliphatic carbocycles. The van der Waals surface area contributed by atoms with Crippen molar-refractivity contribution in [1.82, 2.24) is 20.0 Å². The molecule has 168 valence electrons. The lowest BCUT2D eigenvalue weighted by atomic mass is 10.0. The second-order valence-corrected chi connectivity index (χ2v) is 8.34. The van der Waals surface area contributed by atoms with Gasteiger partial charge in [0.05, 0.1) is 25.5 Å². The number of carbonyl (C=O) groups is 1. The number of benzene rings is 2. The van der Waals surface area contributed by atoms with Gasteiger partial charge in [0.25, 0.3) is 0 Å². The fourth-order valence-electron chi connectivity index (χ4n) is 4.36. The van der Waals surface area contributed by atoms with E-state index in [4.69, 9.17) is 4.74 Å². The Morgan fingerprint density at radius 1 is 1.09 bits per heavy atom. The minimum atomic E-state index is 0.0841. The van der Waals surface area contributed by atoms with E-state index < -0.39 is 0 Å². The van der Waals surface area contributed by atoms with Crippen LogP contribution in [0, 0.1) is 0 Å². The molecule has 1 saturated heterocycles.